The molecule has 0 fully saturated rings. The molecule has 2 heteroatoms. The third-order valence-electron chi connectivity index (χ3n) is 3.61. The Morgan fingerprint density at radius 1 is 1.00 bits per heavy atom. The Morgan fingerprint density at radius 2 is 1.55 bits per heavy atom. The van der Waals surface area contributed by atoms with Gasteiger partial charge in [-0.15, -0.1) is 0 Å². The maximum Gasteiger partial charge on any atom is 0.330 e. The molecule has 0 N–H and O–H groups in total. The van der Waals surface area contributed by atoms with E-state index in [-0.39, 0.29) is 6.61 Å². The van der Waals surface area contributed by atoms with Crippen LogP contribution in [0.15, 0.2) is 61.2 Å². The van der Waals surface area contributed by atoms with E-state index in [0.29, 0.717) is 0 Å². The maximum atomic E-state index is 11.0. The van der Waals surface area contributed by atoms with E-state index < -0.39 is 5.97 Å². The minimum atomic E-state index is -0.397. The molecule has 0 amide bonds. The van der Waals surface area contributed by atoms with Gasteiger partial charge < -0.3 is 4.74 Å². The molecule has 22 heavy (non-hydrogen) atoms. The molecule has 0 aliphatic carbocycles. The van der Waals surface area contributed by atoms with Gasteiger partial charge in [0.05, 0.1) is 0 Å². The molecular weight excluding hydrogens is 272 g/mol. The predicted molar refractivity (Wildman–Crippen MR) is 90.5 cm³/mol. The number of ether oxygens (including phenoxy) is 1. The molecule has 0 saturated heterocycles. The Bertz CT molecular complexity index is 609. The van der Waals surface area contributed by atoms with E-state index in [1.165, 1.54) is 35.6 Å². The lowest BCUT2D eigenvalue weighted by atomic mass is 10.0. The van der Waals surface area contributed by atoms with Crippen molar-refractivity contribution in [3.05, 3.63) is 72.3 Å². The zero-order valence-electron chi connectivity index (χ0n) is 13.0. The topological polar surface area (TPSA) is 26.3 Å². The molecule has 2 aromatic carbocycles. The number of benzene rings is 2. The van der Waals surface area contributed by atoms with Crippen LogP contribution in [0.25, 0.3) is 11.1 Å². The summed E-state index contributed by atoms with van der Waals surface area (Å²) in [5.41, 5.74) is 4.73. The van der Waals surface area contributed by atoms with Gasteiger partial charge in [-0.2, -0.15) is 0 Å². The first-order valence-corrected chi connectivity index (χ1v) is 7.70. The Balaban J connectivity index is 2.00. The highest BCUT2D eigenvalue weighted by Gasteiger charge is 2.01. The van der Waals surface area contributed by atoms with Crippen LogP contribution >= 0.6 is 0 Å². The van der Waals surface area contributed by atoms with Gasteiger partial charge in [0, 0.05) is 6.08 Å². The Morgan fingerprint density at radius 3 is 2.05 bits per heavy atom. The number of hydrogen-bond acceptors (Lipinski definition) is 2. The van der Waals surface area contributed by atoms with E-state index in [2.05, 4.69) is 49.9 Å². The summed E-state index contributed by atoms with van der Waals surface area (Å²) < 4.78 is 5.02. The Kier molecular flexibility index (Phi) is 5.96. The summed E-state index contributed by atoms with van der Waals surface area (Å²) in [7, 11) is 0. The van der Waals surface area contributed by atoms with Crippen LogP contribution in [-0.4, -0.2) is 5.97 Å². The summed E-state index contributed by atoms with van der Waals surface area (Å²) >= 11 is 0. The Labute approximate surface area is 132 Å². The third kappa shape index (κ3) is 4.59. The van der Waals surface area contributed by atoms with Crippen LogP contribution in [0.2, 0.25) is 0 Å². The van der Waals surface area contributed by atoms with Crippen LogP contribution in [0, 0.1) is 0 Å². The number of unbranched alkanes of at least 4 members (excludes halogenated alkanes) is 1. The summed E-state index contributed by atoms with van der Waals surface area (Å²) in [5, 5.41) is 0. The monoisotopic (exact) mass is 294 g/mol. The second kappa shape index (κ2) is 8.18. The van der Waals surface area contributed by atoms with Crippen molar-refractivity contribution >= 4 is 5.97 Å². The summed E-state index contributed by atoms with van der Waals surface area (Å²) in [5.74, 6) is -0.397. The van der Waals surface area contributed by atoms with Gasteiger partial charge in [-0.3, -0.25) is 0 Å². The van der Waals surface area contributed by atoms with Gasteiger partial charge >= 0.3 is 5.97 Å². The smallest absolute Gasteiger partial charge is 0.330 e. The normalized spacial score (nSPS) is 10.2. The van der Waals surface area contributed by atoms with Gasteiger partial charge in [-0.05, 0) is 35.1 Å². The first-order valence-electron chi connectivity index (χ1n) is 7.70. The molecule has 0 atom stereocenters. The molecule has 2 nitrogen and oxygen atoms in total. The number of carbonyl (C=O) groups is 1. The predicted octanol–water partition coefficient (Wildman–Crippen LogP) is 4.93. The number of aryl methyl sites for hydroxylation is 1. The number of hydrogen-bond donors (Lipinski definition) is 0. The van der Waals surface area contributed by atoms with Gasteiger partial charge in [0.1, 0.15) is 6.61 Å². The SMILES string of the molecule is C=CC(=O)OCc1ccc(-c2ccc(CCCC)cc2)cc1. The van der Waals surface area contributed by atoms with Gasteiger partial charge in [0.15, 0.2) is 0 Å². The van der Waals surface area contributed by atoms with E-state index in [0.717, 1.165) is 12.0 Å². The van der Waals surface area contributed by atoms with Crippen molar-refractivity contribution in [3.63, 3.8) is 0 Å². The summed E-state index contributed by atoms with van der Waals surface area (Å²) in [6, 6.07) is 16.8. The minimum Gasteiger partial charge on any atom is -0.458 e. The fourth-order valence-corrected chi connectivity index (χ4v) is 2.25. The van der Waals surface area contributed by atoms with Gasteiger partial charge in [0.2, 0.25) is 0 Å². The largest absolute Gasteiger partial charge is 0.458 e. The summed E-state index contributed by atoms with van der Waals surface area (Å²) in [6.07, 6.45) is 4.77. The summed E-state index contributed by atoms with van der Waals surface area (Å²) in [6.45, 7) is 5.87. The van der Waals surface area contributed by atoms with Crippen LogP contribution in [-0.2, 0) is 22.6 Å². The lowest BCUT2D eigenvalue weighted by Gasteiger charge is -2.06. The highest BCUT2D eigenvalue weighted by Crippen LogP contribution is 2.21. The second-order valence-corrected chi connectivity index (χ2v) is 5.31. The average Bonchev–Trinajstić information content (AvgIpc) is 2.58. The van der Waals surface area contributed by atoms with E-state index in [1.807, 2.05) is 12.1 Å². The third-order valence-corrected chi connectivity index (χ3v) is 3.61. The fourth-order valence-electron chi connectivity index (χ4n) is 2.25. The fraction of sp³-hybridized carbons (Fsp3) is 0.250. The summed E-state index contributed by atoms with van der Waals surface area (Å²) in [4.78, 5) is 11.0. The van der Waals surface area contributed by atoms with Crippen LogP contribution < -0.4 is 0 Å². The van der Waals surface area contributed by atoms with Crippen molar-refractivity contribution in [2.75, 3.05) is 0 Å². The average molecular weight is 294 g/mol. The molecule has 0 radical (unpaired) electrons. The van der Waals surface area contributed by atoms with Crippen LogP contribution in [0.4, 0.5) is 0 Å². The molecule has 2 rings (SSSR count). The van der Waals surface area contributed by atoms with Crippen molar-refractivity contribution in [1.82, 2.24) is 0 Å². The molecule has 0 saturated carbocycles. The molecule has 114 valence electrons. The lowest BCUT2D eigenvalue weighted by molar-refractivity contribution is -0.138. The van der Waals surface area contributed by atoms with Crippen molar-refractivity contribution in [2.24, 2.45) is 0 Å². The zero-order chi connectivity index (χ0) is 15.8. The molecule has 0 unspecified atom stereocenters. The highest BCUT2D eigenvalue weighted by atomic mass is 16.5. The molecule has 0 aliphatic heterocycles. The highest BCUT2D eigenvalue weighted by molar-refractivity contribution is 5.81. The standard InChI is InChI=1S/C20H22O2/c1-3-5-6-16-7-11-18(12-8-16)19-13-9-17(10-14-19)15-22-20(21)4-2/h4,7-14H,2-3,5-6,15H2,1H3. The van der Waals surface area contributed by atoms with Gasteiger partial charge in [0.25, 0.3) is 0 Å². The van der Waals surface area contributed by atoms with Crippen molar-refractivity contribution < 1.29 is 9.53 Å². The zero-order valence-corrected chi connectivity index (χ0v) is 13.0. The van der Waals surface area contributed by atoms with Crippen LogP contribution in [0.1, 0.15) is 30.9 Å². The number of carbonyl (C=O) groups excluding carboxylic acids is 1. The minimum absolute atomic E-state index is 0.279. The quantitative estimate of drug-likeness (QED) is 0.535. The first kappa shape index (κ1) is 16.0. The number of rotatable bonds is 7. The molecule has 0 bridgehead atoms. The molecule has 2 aromatic rings. The maximum absolute atomic E-state index is 11.0. The first-order chi connectivity index (χ1) is 10.7. The van der Waals surface area contributed by atoms with E-state index >= 15 is 0 Å². The van der Waals surface area contributed by atoms with E-state index in [9.17, 15) is 4.79 Å². The van der Waals surface area contributed by atoms with Crippen molar-refractivity contribution in [3.8, 4) is 11.1 Å². The number of esters is 1. The second-order valence-electron chi connectivity index (χ2n) is 5.31. The Hall–Kier alpha value is -2.35. The molecule has 0 aliphatic rings. The molecule has 0 aromatic heterocycles. The lowest BCUT2D eigenvalue weighted by Crippen LogP contribution is -1.99. The molecule has 0 heterocycles. The molecular formula is C20H22O2. The van der Waals surface area contributed by atoms with Crippen LogP contribution in [0.5, 0.6) is 0 Å². The molecule has 0 spiro atoms. The van der Waals surface area contributed by atoms with Gasteiger partial charge in [-0.25, -0.2) is 4.79 Å². The van der Waals surface area contributed by atoms with E-state index in [1.54, 1.807) is 0 Å². The van der Waals surface area contributed by atoms with Gasteiger partial charge in [-0.1, -0.05) is 68.5 Å². The van der Waals surface area contributed by atoms with Crippen LogP contribution in [0.3, 0.4) is 0 Å². The van der Waals surface area contributed by atoms with Crippen molar-refractivity contribution in [1.29, 1.82) is 0 Å². The van der Waals surface area contributed by atoms with E-state index in [4.69, 9.17) is 4.74 Å². The van der Waals surface area contributed by atoms with Crippen molar-refractivity contribution in [2.45, 2.75) is 32.8 Å².